The summed E-state index contributed by atoms with van der Waals surface area (Å²) >= 11 is 5.85. The Bertz CT molecular complexity index is 824. The minimum atomic E-state index is -0.406. The van der Waals surface area contributed by atoms with Gasteiger partial charge < -0.3 is 10.6 Å². The van der Waals surface area contributed by atoms with E-state index in [9.17, 15) is 9.59 Å². The predicted molar refractivity (Wildman–Crippen MR) is 94.6 cm³/mol. The van der Waals surface area contributed by atoms with Crippen molar-refractivity contribution in [1.82, 2.24) is 0 Å². The second-order valence-corrected chi connectivity index (χ2v) is 6.90. The van der Waals surface area contributed by atoms with E-state index in [0.717, 1.165) is 36.9 Å². The number of anilines is 2. The molecule has 0 radical (unpaired) electrons. The number of carbonyl (C=O) groups is 2. The van der Waals surface area contributed by atoms with E-state index in [1.807, 2.05) is 18.2 Å². The van der Waals surface area contributed by atoms with E-state index in [4.69, 9.17) is 11.6 Å². The van der Waals surface area contributed by atoms with Gasteiger partial charge in [-0.25, -0.2) is 0 Å². The fraction of sp³-hybridized carbons (Fsp3) is 0.263. The number of hydrogen-bond acceptors (Lipinski definition) is 2. The van der Waals surface area contributed by atoms with Gasteiger partial charge in [0.15, 0.2) is 0 Å². The number of nitrogens with one attached hydrogen (secondary N) is 2. The van der Waals surface area contributed by atoms with Crippen LogP contribution < -0.4 is 10.6 Å². The van der Waals surface area contributed by atoms with Crippen LogP contribution in [0.25, 0.3) is 0 Å². The lowest BCUT2D eigenvalue weighted by Gasteiger charge is -2.21. The summed E-state index contributed by atoms with van der Waals surface area (Å²) in [6, 6.07) is 12.4. The predicted octanol–water partition coefficient (Wildman–Crippen LogP) is 4.36. The Kier molecular flexibility index (Phi) is 3.57. The second-order valence-electron chi connectivity index (χ2n) is 6.46. The van der Waals surface area contributed by atoms with Gasteiger partial charge in [-0.05, 0) is 60.9 Å². The van der Waals surface area contributed by atoms with Crippen molar-refractivity contribution in [2.45, 2.75) is 31.1 Å². The molecule has 1 spiro atoms. The maximum absolute atomic E-state index is 12.4. The van der Waals surface area contributed by atoms with Gasteiger partial charge in [-0.3, -0.25) is 9.59 Å². The summed E-state index contributed by atoms with van der Waals surface area (Å²) in [7, 11) is 0. The van der Waals surface area contributed by atoms with Gasteiger partial charge in [0.25, 0.3) is 5.91 Å². The fourth-order valence-electron chi connectivity index (χ4n) is 3.77. The van der Waals surface area contributed by atoms with Crippen molar-refractivity contribution < 1.29 is 9.59 Å². The first kappa shape index (κ1) is 15.2. The van der Waals surface area contributed by atoms with E-state index in [2.05, 4.69) is 10.6 Å². The highest BCUT2D eigenvalue weighted by Crippen LogP contribution is 2.49. The lowest BCUT2D eigenvalue weighted by atomic mass is 9.80. The van der Waals surface area contributed by atoms with Crippen LogP contribution in [0.3, 0.4) is 0 Å². The van der Waals surface area contributed by atoms with E-state index in [1.54, 1.807) is 24.3 Å². The van der Waals surface area contributed by atoms with Crippen molar-refractivity contribution in [3.63, 3.8) is 0 Å². The summed E-state index contributed by atoms with van der Waals surface area (Å²) in [5.41, 5.74) is 2.72. The molecular formula is C19H17ClN2O2. The molecule has 4 nitrogen and oxygen atoms in total. The lowest BCUT2D eigenvalue weighted by molar-refractivity contribution is -0.120. The molecule has 2 N–H and O–H groups in total. The zero-order valence-corrected chi connectivity index (χ0v) is 13.8. The topological polar surface area (TPSA) is 58.2 Å². The highest BCUT2D eigenvalue weighted by Gasteiger charge is 2.48. The van der Waals surface area contributed by atoms with Crippen molar-refractivity contribution >= 4 is 34.8 Å². The monoisotopic (exact) mass is 340 g/mol. The van der Waals surface area contributed by atoms with Crippen LogP contribution in [-0.4, -0.2) is 11.8 Å². The Labute approximate surface area is 145 Å². The average molecular weight is 341 g/mol. The number of fused-ring (bicyclic) bond motifs is 2. The van der Waals surface area contributed by atoms with Gasteiger partial charge in [-0.2, -0.15) is 0 Å². The number of amides is 2. The average Bonchev–Trinajstić information content (AvgIpc) is 3.16. The Morgan fingerprint density at radius 1 is 1.08 bits per heavy atom. The van der Waals surface area contributed by atoms with Crippen LogP contribution in [-0.2, 0) is 10.2 Å². The molecule has 2 aromatic carbocycles. The molecule has 1 aliphatic heterocycles. The number of hydrogen-bond donors (Lipinski definition) is 2. The summed E-state index contributed by atoms with van der Waals surface area (Å²) in [6.45, 7) is 0. The number of rotatable bonds is 2. The van der Waals surface area contributed by atoms with Crippen molar-refractivity contribution in [1.29, 1.82) is 0 Å². The van der Waals surface area contributed by atoms with E-state index in [0.29, 0.717) is 16.3 Å². The molecule has 0 bridgehead atoms. The van der Waals surface area contributed by atoms with Crippen LogP contribution in [0.5, 0.6) is 0 Å². The van der Waals surface area contributed by atoms with E-state index in [-0.39, 0.29) is 11.8 Å². The molecule has 24 heavy (non-hydrogen) atoms. The van der Waals surface area contributed by atoms with Crippen LogP contribution in [0.15, 0.2) is 42.5 Å². The number of carbonyl (C=O) groups excluding carboxylic acids is 2. The van der Waals surface area contributed by atoms with E-state index < -0.39 is 5.41 Å². The molecule has 0 aromatic heterocycles. The molecule has 4 rings (SSSR count). The minimum Gasteiger partial charge on any atom is -0.325 e. The Morgan fingerprint density at radius 3 is 2.50 bits per heavy atom. The van der Waals surface area contributed by atoms with Crippen molar-refractivity contribution in [2.75, 3.05) is 10.6 Å². The number of benzene rings is 2. The molecule has 1 fully saturated rings. The Morgan fingerprint density at radius 2 is 1.79 bits per heavy atom. The first-order valence-corrected chi connectivity index (χ1v) is 8.49. The zero-order chi connectivity index (χ0) is 16.7. The molecule has 5 heteroatoms. The molecular weight excluding hydrogens is 324 g/mol. The molecule has 1 aliphatic carbocycles. The summed E-state index contributed by atoms with van der Waals surface area (Å²) in [5, 5.41) is 6.48. The molecule has 2 amide bonds. The third kappa shape index (κ3) is 2.38. The quantitative estimate of drug-likeness (QED) is 0.853. The molecule has 122 valence electrons. The molecule has 1 saturated carbocycles. The number of halogens is 1. The van der Waals surface area contributed by atoms with Crippen LogP contribution in [0.1, 0.15) is 41.6 Å². The summed E-state index contributed by atoms with van der Waals surface area (Å²) < 4.78 is 0. The van der Waals surface area contributed by atoms with Crippen molar-refractivity contribution in [2.24, 2.45) is 0 Å². The molecule has 2 aromatic rings. The first-order chi connectivity index (χ1) is 11.6. The minimum absolute atomic E-state index is 0.0937. The Hall–Kier alpha value is -2.33. The third-order valence-electron chi connectivity index (χ3n) is 5.04. The van der Waals surface area contributed by atoms with Gasteiger partial charge in [0.05, 0.1) is 5.41 Å². The van der Waals surface area contributed by atoms with Crippen LogP contribution in [0.4, 0.5) is 11.4 Å². The Balaban J connectivity index is 1.62. The van der Waals surface area contributed by atoms with E-state index in [1.165, 1.54) is 0 Å². The zero-order valence-electron chi connectivity index (χ0n) is 13.1. The fourth-order valence-corrected chi connectivity index (χ4v) is 3.90. The van der Waals surface area contributed by atoms with Gasteiger partial charge in [0, 0.05) is 22.0 Å². The standard InChI is InChI=1S/C19H17ClN2O2/c20-13-5-3-12(4-6-13)17(23)21-14-7-8-16-15(11-14)19(18(24)22-16)9-1-2-10-19/h3-8,11H,1-2,9-10H2,(H,21,23)(H,22,24). The second kappa shape index (κ2) is 5.64. The molecule has 1 heterocycles. The van der Waals surface area contributed by atoms with Crippen LogP contribution in [0, 0.1) is 0 Å². The van der Waals surface area contributed by atoms with Crippen LogP contribution >= 0.6 is 11.6 Å². The van der Waals surface area contributed by atoms with Gasteiger partial charge in [-0.1, -0.05) is 24.4 Å². The molecule has 0 atom stereocenters. The first-order valence-electron chi connectivity index (χ1n) is 8.11. The van der Waals surface area contributed by atoms with Gasteiger partial charge >= 0.3 is 0 Å². The summed E-state index contributed by atoms with van der Waals surface area (Å²) in [5.74, 6) is -0.0967. The summed E-state index contributed by atoms with van der Waals surface area (Å²) in [4.78, 5) is 24.8. The molecule has 0 saturated heterocycles. The highest BCUT2D eigenvalue weighted by atomic mass is 35.5. The van der Waals surface area contributed by atoms with Crippen molar-refractivity contribution in [3.05, 3.63) is 58.6 Å². The maximum Gasteiger partial charge on any atom is 0.255 e. The molecule has 2 aliphatic rings. The van der Waals surface area contributed by atoms with Crippen molar-refractivity contribution in [3.8, 4) is 0 Å². The maximum atomic E-state index is 12.4. The lowest BCUT2D eigenvalue weighted by Crippen LogP contribution is -2.31. The molecule has 0 unspecified atom stereocenters. The van der Waals surface area contributed by atoms with Gasteiger partial charge in [0.2, 0.25) is 5.91 Å². The third-order valence-corrected chi connectivity index (χ3v) is 5.29. The SMILES string of the molecule is O=C(Nc1ccc2c(c1)C1(CCCC1)C(=O)N2)c1ccc(Cl)cc1. The normalized spacial score (nSPS) is 17.6. The van der Waals surface area contributed by atoms with Gasteiger partial charge in [-0.15, -0.1) is 0 Å². The van der Waals surface area contributed by atoms with Gasteiger partial charge in [0.1, 0.15) is 0 Å². The largest absolute Gasteiger partial charge is 0.325 e. The summed E-state index contributed by atoms with van der Waals surface area (Å²) in [6.07, 6.45) is 3.88. The van der Waals surface area contributed by atoms with Crippen LogP contribution in [0.2, 0.25) is 5.02 Å². The highest BCUT2D eigenvalue weighted by molar-refractivity contribution is 6.30. The van der Waals surface area contributed by atoms with E-state index >= 15 is 0 Å². The smallest absolute Gasteiger partial charge is 0.255 e.